The summed E-state index contributed by atoms with van der Waals surface area (Å²) in [5.74, 6) is -3.08. The monoisotopic (exact) mass is 466 g/mol. The molecular weight excluding hydrogens is 451 g/mol. The zero-order chi connectivity index (χ0) is 22.5. The van der Waals surface area contributed by atoms with Crippen molar-refractivity contribution < 1.29 is 31.8 Å². The Morgan fingerprint density at radius 3 is 2.23 bits per heavy atom. The number of carbonyl (C=O) groups is 1. The molecule has 0 fully saturated rings. The minimum Gasteiger partial charge on any atom is -0.474 e. The standard InChI is InChI=1S/C19H16Cl2F4N2O3/c1-10(2)29-16(15-11(22)6-5-7-12(15)23)27-18(28)26-13-8-3-4-9-14(13)30-19(24,25)17(20)21/h3-10,17H,1-2H3,(H,26,28)/b27-16-. The van der Waals surface area contributed by atoms with E-state index in [4.69, 9.17) is 27.9 Å². The van der Waals surface area contributed by atoms with Crippen molar-refractivity contribution in [3.63, 3.8) is 0 Å². The van der Waals surface area contributed by atoms with Crippen LogP contribution in [-0.4, -0.2) is 29.0 Å². The third-order valence-corrected chi connectivity index (χ3v) is 3.86. The Morgan fingerprint density at radius 2 is 1.67 bits per heavy atom. The third-order valence-electron chi connectivity index (χ3n) is 3.36. The van der Waals surface area contributed by atoms with Gasteiger partial charge in [0.1, 0.15) is 22.9 Å². The third kappa shape index (κ3) is 6.24. The Balaban J connectivity index is 2.35. The molecule has 0 aromatic heterocycles. The Bertz CT molecular complexity index is 919. The van der Waals surface area contributed by atoms with Crippen LogP contribution in [0.5, 0.6) is 5.75 Å². The van der Waals surface area contributed by atoms with Gasteiger partial charge in [-0.1, -0.05) is 41.4 Å². The normalized spacial score (nSPS) is 12.3. The molecule has 5 nitrogen and oxygen atoms in total. The van der Waals surface area contributed by atoms with E-state index in [-0.39, 0.29) is 5.69 Å². The fourth-order valence-electron chi connectivity index (χ4n) is 2.15. The molecule has 0 unspecified atom stereocenters. The minimum absolute atomic E-state index is 0.210. The van der Waals surface area contributed by atoms with Gasteiger partial charge in [0.05, 0.1) is 11.8 Å². The molecule has 0 aliphatic rings. The van der Waals surface area contributed by atoms with E-state index in [0.717, 1.165) is 24.3 Å². The summed E-state index contributed by atoms with van der Waals surface area (Å²) in [6, 6.07) is 7.07. The highest BCUT2D eigenvalue weighted by Crippen LogP contribution is 2.34. The molecule has 162 valence electrons. The van der Waals surface area contributed by atoms with Crippen LogP contribution >= 0.6 is 23.2 Å². The van der Waals surface area contributed by atoms with Crippen LogP contribution in [0.1, 0.15) is 19.4 Å². The maximum atomic E-state index is 14.1. The van der Waals surface area contributed by atoms with Gasteiger partial charge in [-0.15, -0.1) is 0 Å². The number of ether oxygens (including phenoxy) is 2. The predicted octanol–water partition coefficient (Wildman–Crippen LogP) is 6.14. The summed E-state index contributed by atoms with van der Waals surface area (Å²) >= 11 is 10.4. The van der Waals surface area contributed by atoms with Crippen LogP contribution in [0.25, 0.3) is 0 Å². The molecule has 0 saturated heterocycles. The van der Waals surface area contributed by atoms with Crippen molar-refractivity contribution >= 4 is 40.8 Å². The second-order valence-corrected chi connectivity index (χ2v) is 7.17. The fourth-order valence-corrected chi connectivity index (χ4v) is 2.24. The van der Waals surface area contributed by atoms with E-state index in [1.807, 2.05) is 0 Å². The second-order valence-electron chi connectivity index (χ2n) is 6.07. The SMILES string of the molecule is CC(C)O/C(=N\C(=O)Nc1ccccc1OC(F)(F)C(Cl)Cl)c1c(F)cccc1F. The molecule has 2 amide bonds. The summed E-state index contributed by atoms with van der Waals surface area (Å²) in [5, 5.41) is 2.19. The molecule has 30 heavy (non-hydrogen) atoms. The van der Waals surface area contributed by atoms with Gasteiger partial charge in [-0.25, -0.2) is 13.6 Å². The van der Waals surface area contributed by atoms with Gasteiger partial charge in [0, 0.05) is 0 Å². The predicted molar refractivity (Wildman–Crippen MR) is 106 cm³/mol. The molecule has 0 heterocycles. The van der Waals surface area contributed by atoms with Crippen LogP contribution in [0.15, 0.2) is 47.5 Å². The van der Waals surface area contributed by atoms with E-state index in [9.17, 15) is 22.4 Å². The van der Waals surface area contributed by atoms with Gasteiger partial charge in [-0.2, -0.15) is 13.8 Å². The smallest absolute Gasteiger partial charge is 0.428 e. The first-order valence-corrected chi connectivity index (χ1v) is 9.33. The molecule has 0 atom stereocenters. The highest BCUT2D eigenvalue weighted by molar-refractivity contribution is 6.44. The zero-order valence-corrected chi connectivity index (χ0v) is 17.1. The van der Waals surface area contributed by atoms with Gasteiger partial charge >= 0.3 is 12.1 Å². The number of alkyl halides is 4. The van der Waals surface area contributed by atoms with Crippen LogP contribution < -0.4 is 10.1 Å². The molecule has 2 rings (SSSR count). The van der Waals surface area contributed by atoms with Crippen molar-refractivity contribution in [3.05, 3.63) is 59.7 Å². The van der Waals surface area contributed by atoms with Crippen LogP contribution in [0, 0.1) is 11.6 Å². The first kappa shape index (κ1) is 23.8. The Labute approximate surface area is 179 Å². The van der Waals surface area contributed by atoms with E-state index >= 15 is 0 Å². The van der Waals surface area contributed by atoms with Crippen molar-refractivity contribution in [1.82, 2.24) is 0 Å². The second kappa shape index (κ2) is 9.99. The molecule has 11 heteroatoms. The van der Waals surface area contributed by atoms with Gasteiger partial charge in [-0.05, 0) is 38.1 Å². The van der Waals surface area contributed by atoms with Crippen LogP contribution in [0.4, 0.5) is 28.0 Å². The van der Waals surface area contributed by atoms with Gasteiger partial charge in [0.25, 0.3) is 0 Å². The number of benzene rings is 2. The largest absolute Gasteiger partial charge is 0.474 e. The minimum atomic E-state index is -3.95. The summed E-state index contributed by atoms with van der Waals surface area (Å²) in [4.78, 5) is 13.7. The number of para-hydroxylation sites is 2. The van der Waals surface area contributed by atoms with Crippen molar-refractivity contribution in [2.24, 2.45) is 4.99 Å². The molecule has 0 spiro atoms. The van der Waals surface area contributed by atoms with Crippen molar-refractivity contribution in [3.8, 4) is 5.75 Å². The molecule has 0 saturated carbocycles. The number of urea groups is 1. The van der Waals surface area contributed by atoms with E-state index in [0.29, 0.717) is 0 Å². The summed E-state index contributed by atoms with van der Waals surface area (Å²) < 4.78 is 65.3. The summed E-state index contributed by atoms with van der Waals surface area (Å²) in [7, 11) is 0. The van der Waals surface area contributed by atoms with Gasteiger partial charge < -0.3 is 14.8 Å². The average Bonchev–Trinajstić information content (AvgIpc) is 2.62. The van der Waals surface area contributed by atoms with Gasteiger partial charge in [0.2, 0.25) is 10.7 Å². The Kier molecular flexibility index (Phi) is 7.91. The number of halogens is 6. The fraction of sp³-hybridized carbons (Fsp3) is 0.263. The number of hydrogen-bond acceptors (Lipinski definition) is 3. The van der Waals surface area contributed by atoms with Crippen LogP contribution in [-0.2, 0) is 4.74 Å². The topological polar surface area (TPSA) is 59.9 Å². The number of nitrogens with one attached hydrogen (secondary N) is 1. The lowest BCUT2D eigenvalue weighted by Crippen LogP contribution is -2.32. The van der Waals surface area contributed by atoms with E-state index in [1.54, 1.807) is 13.8 Å². The van der Waals surface area contributed by atoms with Crippen LogP contribution in [0.3, 0.4) is 0 Å². The maximum Gasteiger partial charge on any atom is 0.428 e. The lowest BCUT2D eigenvalue weighted by molar-refractivity contribution is -0.163. The first-order chi connectivity index (χ1) is 14.0. The summed E-state index contributed by atoms with van der Waals surface area (Å²) in [6.45, 7) is 3.12. The number of anilines is 1. The lowest BCUT2D eigenvalue weighted by atomic mass is 10.2. The lowest BCUT2D eigenvalue weighted by Gasteiger charge is -2.20. The number of amides is 2. The maximum absolute atomic E-state index is 14.1. The molecule has 0 aliphatic carbocycles. The van der Waals surface area contributed by atoms with Crippen LogP contribution in [0.2, 0.25) is 0 Å². The summed E-state index contributed by atoms with van der Waals surface area (Å²) in [6.07, 6.45) is -4.52. The van der Waals surface area contributed by atoms with Gasteiger partial charge in [0.15, 0.2) is 0 Å². The summed E-state index contributed by atoms with van der Waals surface area (Å²) in [5.41, 5.74) is -0.859. The molecule has 0 bridgehead atoms. The van der Waals surface area contributed by atoms with Crippen molar-refractivity contribution in [2.45, 2.75) is 30.9 Å². The number of carbonyl (C=O) groups excluding carboxylic acids is 1. The number of rotatable bonds is 6. The van der Waals surface area contributed by atoms with E-state index in [1.165, 1.54) is 18.2 Å². The Morgan fingerprint density at radius 1 is 1.07 bits per heavy atom. The van der Waals surface area contributed by atoms with E-state index in [2.05, 4.69) is 15.0 Å². The van der Waals surface area contributed by atoms with Crippen molar-refractivity contribution in [1.29, 1.82) is 0 Å². The molecule has 0 radical (unpaired) electrons. The number of hydrogen-bond donors (Lipinski definition) is 1. The quantitative estimate of drug-likeness (QED) is 0.240. The highest BCUT2D eigenvalue weighted by Gasteiger charge is 2.40. The highest BCUT2D eigenvalue weighted by atomic mass is 35.5. The number of aliphatic imine (C=N–C) groups is 1. The van der Waals surface area contributed by atoms with Gasteiger partial charge in [-0.3, -0.25) is 0 Å². The molecule has 0 aliphatic heterocycles. The molecule has 1 N–H and O–H groups in total. The molecule has 2 aromatic rings. The van der Waals surface area contributed by atoms with E-state index < -0.39 is 51.9 Å². The first-order valence-electron chi connectivity index (χ1n) is 8.46. The molecule has 2 aromatic carbocycles. The Hall–Kier alpha value is -2.52. The average molecular weight is 467 g/mol. The number of nitrogens with zero attached hydrogens (tertiary/aromatic N) is 1. The van der Waals surface area contributed by atoms with Crippen molar-refractivity contribution in [2.75, 3.05) is 5.32 Å². The zero-order valence-electron chi connectivity index (χ0n) is 15.6. The molecular formula is C19H16Cl2F4N2O3.